The quantitative estimate of drug-likeness (QED) is 0.671. The Morgan fingerprint density at radius 1 is 1.38 bits per heavy atom. The maximum Gasteiger partial charge on any atom is 0.521 e. The van der Waals surface area contributed by atoms with Crippen molar-refractivity contribution in [3.8, 4) is 0 Å². The monoisotopic (exact) mass is 347 g/mol. The van der Waals surface area contributed by atoms with Crippen LogP contribution in [0.1, 0.15) is 28.4 Å². The Morgan fingerprint density at radius 3 is 2.38 bits per heavy atom. The van der Waals surface area contributed by atoms with Crippen LogP contribution >= 0.6 is 0 Å². The maximum atomic E-state index is 13.7. The van der Waals surface area contributed by atoms with Gasteiger partial charge in [0.05, 0.1) is 11.6 Å². The molecule has 128 valence electrons. The summed E-state index contributed by atoms with van der Waals surface area (Å²) < 4.78 is 61.0. The summed E-state index contributed by atoms with van der Waals surface area (Å²) in [6.07, 6.45) is -0.0401. The van der Waals surface area contributed by atoms with Crippen molar-refractivity contribution < 1.29 is 31.7 Å². The van der Waals surface area contributed by atoms with Gasteiger partial charge >= 0.3 is 13.8 Å². The molecular weight excluding hydrogens is 336 g/mol. The minimum atomic E-state index is -1.75. The Kier molecular flexibility index (Phi) is 4.95. The summed E-state index contributed by atoms with van der Waals surface area (Å²) in [5.74, 6) is -3.86. The smallest absolute Gasteiger partial charge is 0.477 e. The van der Waals surface area contributed by atoms with E-state index in [9.17, 15) is 31.4 Å². The number of benzene rings is 1. The van der Waals surface area contributed by atoms with Crippen molar-refractivity contribution >= 4 is 24.7 Å². The third kappa shape index (κ3) is 3.00. The number of rotatable bonds is 2. The SMILES string of the molecule is Cc1c(F)c(F)cc2c(=O)c(C(=O)O)cn([C@@H]3C[C@@H]3F)c12.FBF. The van der Waals surface area contributed by atoms with Gasteiger partial charge in [0, 0.05) is 23.6 Å². The number of hydrogen-bond donors (Lipinski definition) is 1. The van der Waals surface area contributed by atoms with Crippen LogP contribution in [0.25, 0.3) is 10.9 Å². The van der Waals surface area contributed by atoms with E-state index in [0.717, 1.165) is 6.20 Å². The topological polar surface area (TPSA) is 59.3 Å². The summed E-state index contributed by atoms with van der Waals surface area (Å²) in [7, 11) is -1.75. The van der Waals surface area contributed by atoms with Crippen molar-refractivity contribution in [2.75, 3.05) is 0 Å². The molecule has 1 saturated carbocycles. The first-order valence-corrected chi connectivity index (χ1v) is 6.77. The Bertz CT molecular complexity index is 870. The first-order valence-electron chi connectivity index (χ1n) is 6.77. The molecule has 0 aliphatic heterocycles. The van der Waals surface area contributed by atoms with Gasteiger partial charge in [-0.15, -0.1) is 0 Å². The molecule has 0 amide bonds. The predicted molar refractivity (Wildman–Crippen MR) is 77.7 cm³/mol. The molecule has 24 heavy (non-hydrogen) atoms. The molecule has 10 heteroatoms. The van der Waals surface area contributed by atoms with Gasteiger partial charge in [0.1, 0.15) is 11.7 Å². The molecule has 1 heterocycles. The molecule has 1 aliphatic rings. The van der Waals surface area contributed by atoms with Crippen molar-refractivity contribution in [3.63, 3.8) is 0 Å². The van der Waals surface area contributed by atoms with Gasteiger partial charge in [-0.05, 0) is 13.0 Å². The Morgan fingerprint density at radius 2 is 1.92 bits per heavy atom. The maximum absolute atomic E-state index is 13.7. The molecule has 1 aromatic carbocycles. The number of fused-ring (bicyclic) bond motifs is 1. The molecular formula is C14H11BF5NO3. The van der Waals surface area contributed by atoms with Gasteiger partial charge in [0.15, 0.2) is 11.6 Å². The van der Waals surface area contributed by atoms with Gasteiger partial charge in [-0.1, -0.05) is 0 Å². The molecule has 0 spiro atoms. The number of halogens is 5. The number of aryl methyl sites for hydroxylation is 1. The highest BCUT2D eigenvalue weighted by molar-refractivity contribution is 6.15. The Labute approximate surface area is 132 Å². The summed E-state index contributed by atoms with van der Waals surface area (Å²) in [5.41, 5.74) is -1.61. The number of alkyl halides is 1. The highest BCUT2D eigenvalue weighted by Gasteiger charge is 2.40. The number of carboxylic acids is 1. The van der Waals surface area contributed by atoms with Crippen molar-refractivity contribution in [1.82, 2.24) is 4.57 Å². The van der Waals surface area contributed by atoms with E-state index in [-0.39, 0.29) is 22.9 Å². The second-order valence-corrected chi connectivity index (χ2v) is 5.20. The Balaban J connectivity index is 0.000000647. The molecule has 4 nitrogen and oxygen atoms in total. The van der Waals surface area contributed by atoms with E-state index in [2.05, 4.69) is 0 Å². The van der Waals surface area contributed by atoms with Gasteiger partial charge in [-0.3, -0.25) is 13.4 Å². The average molecular weight is 347 g/mol. The zero-order chi connectivity index (χ0) is 18.2. The fraction of sp³-hybridized carbons (Fsp3) is 0.286. The van der Waals surface area contributed by atoms with E-state index in [0.29, 0.717) is 6.07 Å². The first kappa shape index (κ1) is 18.0. The van der Waals surface area contributed by atoms with Crippen LogP contribution in [0, 0.1) is 18.6 Å². The van der Waals surface area contributed by atoms with Crippen molar-refractivity contribution in [1.29, 1.82) is 0 Å². The average Bonchev–Trinajstić information content (AvgIpc) is 3.23. The van der Waals surface area contributed by atoms with E-state index in [1.165, 1.54) is 11.5 Å². The summed E-state index contributed by atoms with van der Waals surface area (Å²) in [6, 6.07) is 0.00761. The number of pyridine rings is 1. The molecule has 0 bridgehead atoms. The third-order valence-corrected chi connectivity index (χ3v) is 3.70. The number of aromatic nitrogens is 1. The normalized spacial score (nSPS) is 18.8. The van der Waals surface area contributed by atoms with Crippen LogP contribution in [0.5, 0.6) is 0 Å². The molecule has 1 fully saturated rings. The molecule has 0 radical (unpaired) electrons. The lowest BCUT2D eigenvalue weighted by atomic mass is 10.1. The second-order valence-electron chi connectivity index (χ2n) is 5.20. The first-order chi connectivity index (χ1) is 11.2. The van der Waals surface area contributed by atoms with Crippen molar-refractivity contribution in [2.45, 2.75) is 25.6 Å². The van der Waals surface area contributed by atoms with Crippen molar-refractivity contribution in [2.24, 2.45) is 0 Å². The van der Waals surface area contributed by atoms with Gasteiger partial charge in [0.25, 0.3) is 0 Å². The molecule has 1 N–H and O–H groups in total. The fourth-order valence-corrected chi connectivity index (χ4v) is 2.51. The molecule has 2 aromatic rings. The third-order valence-electron chi connectivity index (χ3n) is 3.70. The molecule has 0 saturated heterocycles. The number of carbonyl (C=O) groups is 1. The minimum Gasteiger partial charge on any atom is -0.477 e. The largest absolute Gasteiger partial charge is 0.521 e. The minimum absolute atomic E-state index is 0.0362. The highest BCUT2D eigenvalue weighted by atomic mass is 19.2. The number of hydrogen-bond acceptors (Lipinski definition) is 2. The van der Waals surface area contributed by atoms with Crippen LogP contribution in [0.4, 0.5) is 21.8 Å². The number of aromatic carboxylic acids is 1. The zero-order valence-electron chi connectivity index (χ0n) is 12.3. The van der Waals surface area contributed by atoms with Gasteiger partial charge < -0.3 is 9.67 Å². The Hall–Kier alpha value is -2.39. The van der Waals surface area contributed by atoms with E-state index in [4.69, 9.17) is 5.11 Å². The standard InChI is InChI=1S/C14H10F3NO3.BF2H/c1-5-11(17)9(16)2-6-12(5)18(10-3-8(10)15)4-7(13(6)19)14(20)21;2-1-3/h2,4,8,10H,3H2,1H3,(H,20,21);1H/t8-,10+;/m0./s1. The van der Waals surface area contributed by atoms with Crippen molar-refractivity contribution in [3.05, 3.63) is 45.2 Å². The highest BCUT2D eigenvalue weighted by Crippen LogP contribution is 2.41. The fourth-order valence-electron chi connectivity index (χ4n) is 2.51. The summed E-state index contributed by atoms with van der Waals surface area (Å²) in [5, 5.41) is 8.78. The molecule has 1 aromatic heterocycles. The van der Waals surface area contributed by atoms with Gasteiger partial charge in [-0.25, -0.2) is 18.0 Å². The summed E-state index contributed by atoms with van der Waals surface area (Å²) in [4.78, 5) is 23.2. The van der Waals surface area contributed by atoms with E-state index in [1.54, 1.807) is 0 Å². The lowest BCUT2D eigenvalue weighted by molar-refractivity contribution is 0.0694. The summed E-state index contributed by atoms with van der Waals surface area (Å²) in [6.45, 7) is 1.27. The lowest BCUT2D eigenvalue weighted by Crippen LogP contribution is -2.20. The molecule has 3 rings (SSSR count). The predicted octanol–water partition coefficient (Wildman–Crippen LogP) is 2.76. The summed E-state index contributed by atoms with van der Waals surface area (Å²) >= 11 is 0. The van der Waals surface area contributed by atoms with Gasteiger partial charge in [0.2, 0.25) is 5.43 Å². The van der Waals surface area contributed by atoms with E-state index >= 15 is 0 Å². The van der Waals surface area contributed by atoms with Crippen LogP contribution in [0.15, 0.2) is 17.1 Å². The number of nitrogens with zero attached hydrogens (tertiary/aromatic N) is 1. The van der Waals surface area contributed by atoms with Crippen LogP contribution in [0.2, 0.25) is 0 Å². The lowest BCUT2D eigenvalue weighted by Gasteiger charge is -2.14. The molecule has 1 aliphatic carbocycles. The van der Waals surface area contributed by atoms with Crippen LogP contribution in [0.3, 0.4) is 0 Å². The zero-order valence-corrected chi connectivity index (χ0v) is 12.3. The number of carboxylic acid groups (broad SMARTS) is 1. The van der Waals surface area contributed by atoms with Gasteiger partial charge in [-0.2, -0.15) is 0 Å². The second kappa shape index (κ2) is 6.62. The van der Waals surface area contributed by atoms with E-state index in [1.807, 2.05) is 0 Å². The van der Waals surface area contributed by atoms with Crippen LogP contribution in [-0.4, -0.2) is 29.6 Å². The molecule has 0 unspecified atom stereocenters. The van der Waals surface area contributed by atoms with Crippen LogP contribution < -0.4 is 5.43 Å². The van der Waals surface area contributed by atoms with Crippen LogP contribution in [-0.2, 0) is 0 Å². The van der Waals surface area contributed by atoms with E-state index < -0.39 is 48.6 Å². The molecule has 2 atom stereocenters.